The van der Waals surface area contributed by atoms with E-state index in [9.17, 15) is 0 Å². The van der Waals surface area contributed by atoms with Gasteiger partial charge in [0.05, 0.1) is 12.2 Å². The summed E-state index contributed by atoms with van der Waals surface area (Å²) < 4.78 is 0. The summed E-state index contributed by atoms with van der Waals surface area (Å²) >= 11 is 7.75. The van der Waals surface area contributed by atoms with Crippen LogP contribution in [0.25, 0.3) is 0 Å². The molecule has 1 unspecified atom stereocenters. The van der Waals surface area contributed by atoms with E-state index in [1.807, 2.05) is 0 Å². The van der Waals surface area contributed by atoms with E-state index in [0.29, 0.717) is 0 Å². The molecule has 9 heavy (non-hydrogen) atoms. The first-order valence-corrected chi connectivity index (χ1v) is 3.89. The minimum absolute atomic E-state index is 0.202. The zero-order valence-corrected chi connectivity index (χ0v) is 7.02. The summed E-state index contributed by atoms with van der Waals surface area (Å²) in [6.45, 7) is 1.72. The zero-order chi connectivity index (χ0) is 7.44. The van der Waals surface area contributed by atoms with E-state index in [1.54, 1.807) is 6.92 Å². The second-order valence-electron chi connectivity index (χ2n) is 1.98. The average Bonchev–Trinajstić information content (AvgIpc) is 1.84. The Morgan fingerprint density at radius 3 is 2.00 bits per heavy atom. The lowest BCUT2D eigenvalue weighted by Crippen LogP contribution is -2.33. The van der Waals surface area contributed by atoms with Crippen LogP contribution in [0.4, 0.5) is 0 Å². The van der Waals surface area contributed by atoms with Gasteiger partial charge in [-0.05, 0) is 0 Å². The molecule has 0 aromatic rings. The lowest BCUT2D eigenvalue weighted by Gasteiger charge is -2.17. The molecule has 0 aromatic carbocycles. The van der Waals surface area contributed by atoms with Crippen LogP contribution in [-0.4, -0.2) is 33.4 Å². The molecular weight excluding hydrogens is 156 g/mol. The fourth-order valence-electron chi connectivity index (χ4n) is 0.429. The number of hydrogen-bond donors (Lipinski definition) is 4. The molecule has 0 rings (SSSR count). The normalized spacial score (nSPS) is 21.0. The molecule has 0 radical (unpaired) electrons. The Labute approximate surface area is 66.1 Å². The summed E-state index contributed by atoms with van der Waals surface area (Å²) in [6, 6.07) is 0. The van der Waals surface area contributed by atoms with Crippen molar-refractivity contribution in [2.75, 3.05) is 5.75 Å². The van der Waals surface area contributed by atoms with Crippen molar-refractivity contribution in [2.24, 2.45) is 0 Å². The van der Waals surface area contributed by atoms with Gasteiger partial charge in [0, 0.05) is 11.0 Å². The number of thiol groups is 2. The van der Waals surface area contributed by atoms with Crippen LogP contribution >= 0.6 is 25.3 Å². The fourth-order valence-corrected chi connectivity index (χ4v) is 0.844. The highest BCUT2D eigenvalue weighted by atomic mass is 32.1. The van der Waals surface area contributed by atoms with Gasteiger partial charge < -0.3 is 10.2 Å². The van der Waals surface area contributed by atoms with Gasteiger partial charge in [-0.1, -0.05) is 6.92 Å². The molecule has 0 aliphatic heterocycles. The van der Waals surface area contributed by atoms with E-state index in [4.69, 9.17) is 10.2 Å². The Kier molecular flexibility index (Phi) is 4.74. The van der Waals surface area contributed by atoms with Gasteiger partial charge in [-0.3, -0.25) is 0 Å². The lowest BCUT2D eigenvalue weighted by molar-refractivity contribution is 0.0365. The summed E-state index contributed by atoms with van der Waals surface area (Å²) in [5.41, 5.74) is 0. The molecule has 4 heteroatoms. The molecule has 0 amide bonds. The molecule has 0 fully saturated rings. The van der Waals surface area contributed by atoms with E-state index < -0.39 is 12.2 Å². The smallest absolute Gasteiger partial charge is 0.0920 e. The first-order valence-electron chi connectivity index (χ1n) is 2.74. The molecule has 0 saturated heterocycles. The molecule has 0 aliphatic carbocycles. The molecule has 3 atom stereocenters. The minimum Gasteiger partial charge on any atom is -0.390 e. The predicted molar refractivity (Wildman–Crippen MR) is 44.3 cm³/mol. The highest BCUT2D eigenvalue weighted by Crippen LogP contribution is 2.06. The van der Waals surface area contributed by atoms with Crippen LogP contribution in [0.2, 0.25) is 0 Å². The minimum atomic E-state index is -0.772. The second-order valence-corrected chi connectivity index (χ2v) is 3.16. The van der Waals surface area contributed by atoms with Crippen molar-refractivity contribution in [3.05, 3.63) is 0 Å². The molecule has 0 saturated carbocycles. The lowest BCUT2D eigenvalue weighted by atomic mass is 10.2. The van der Waals surface area contributed by atoms with E-state index >= 15 is 0 Å². The quantitative estimate of drug-likeness (QED) is 0.447. The van der Waals surface area contributed by atoms with E-state index in [2.05, 4.69) is 25.3 Å². The van der Waals surface area contributed by atoms with Crippen molar-refractivity contribution in [2.45, 2.75) is 24.4 Å². The Hall–Kier alpha value is 0.620. The number of aliphatic hydroxyl groups is 2. The molecule has 0 aromatic heterocycles. The fraction of sp³-hybridized carbons (Fsp3) is 1.00. The summed E-state index contributed by atoms with van der Waals surface area (Å²) in [6.07, 6.45) is -1.54. The van der Waals surface area contributed by atoms with Gasteiger partial charge in [0.2, 0.25) is 0 Å². The maximum atomic E-state index is 9.02. The standard InChI is InChI=1S/C5H12O2S2/c1-3(9)5(7)4(6)2-8/h3-9H,2H2,1H3/t3?,4-,5-/m1/s1. The molecule has 56 valence electrons. The summed E-state index contributed by atoms with van der Waals surface area (Å²) in [4.78, 5) is 0. The van der Waals surface area contributed by atoms with Crippen molar-refractivity contribution < 1.29 is 10.2 Å². The predicted octanol–water partition coefficient (Wildman–Crippen LogP) is -0.0437. The molecule has 0 bridgehead atoms. The third-order valence-electron chi connectivity index (χ3n) is 1.08. The maximum Gasteiger partial charge on any atom is 0.0920 e. The summed E-state index contributed by atoms with van der Waals surface area (Å²) in [5, 5.41) is 17.7. The molecule has 0 heterocycles. The van der Waals surface area contributed by atoms with Gasteiger partial charge in [0.15, 0.2) is 0 Å². The zero-order valence-electron chi connectivity index (χ0n) is 5.23. The van der Waals surface area contributed by atoms with Crippen molar-refractivity contribution in [3.63, 3.8) is 0 Å². The number of aliphatic hydroxyl groups excluding tert-OH is 2. The van der Waals surface area contributed by atoms with Gasteiger partial charge in [0.25, 0.3) is 0 Å². The number of hydrogen-bond acceptors (Lipinski definition) is 4. The van der Waals surface area contributed by atoms with Gasteiger partial charge in [-0.15, -0.1) is 0 Å². The van der Waals surface area contributed by atoms with E-state index in [1.165, 1.54) is 0 Å². The van der Waals surface area contributed by atoms with Crippen LogP contribution in [0.3, 0.4) is 0 Å². The van der Waals surface area contributed by atoms with Crippen molar-refractivity contribution in [1.82, 2.24) is 0 Å². The second kappa shape index (κ2) is 4.44. The molecule has 0 spiro atoms. The first kappa shape index (κ1) is 9.62. The SMILES string of the molecule is CC(S)[C@@H](O)[C@H](O)CS. The third kappa shape index (κ3) is 3.35. The van der Waals surface area contributed by atoms with Crippen molar-refractivity contribution in [3.8, 4) is 0 Å². The van der Waals surface area contributed by atoms with Crippen LogP contribution in [0.15, 0.2) is 0 Å². The number of rotatable bonds is 3. The Morgan fingerprint density at radius 2 is 1.89 bits per heavy atom. The maximum absolute atomic E-state index is 9.02. The monoisotopic (exact) mass is 168 g/mol. The van der Waals surface area contributed by atoms with Gasteiger partial charge in [-0.25, -0.2) is 0 Å². The van der Waals surface area contributed by atoms with Crippen LogP contribution in [0.1, 0.15) is 6.92 Å². The summed E-state index contributed by atoms with van der Waals surface area (Å²) in [5.74, 6) is 0.270. The van der Waals surface area contributed by atoms with Crippen LogP contribution in [0.5, 0.6) is 0 Å². The highest BCUT2D eigenvalue weighted by Gasteiger charge is 2.18. The van der Waals surface area contributed by atoms with Gasteiger partial charge >= 0.3 is 0 Å². The average molecular weight is 168 g/mol. The van der Waals surface area contributed by atoms with Crippen LogP contribution in [-0.2, 0) is 0 Å². The molecule has 2 N–H and O–H groups in total. The molecule has 0 aliphatic rings. The highest BCUT2D eigenvalue weighted by molar-refractivity contribution is 7.81. The van der Waals surface area contributed by atoms with Crippen molar-refractivity contribution in [1.29, 1.82) is 0 Å². The van der Waals surface area contributed by atoms with E-state index in [-0.39, 0.29) is 11.0 Å². The van der Waals surface area contributed by atoms with Crippen molar-refractivity contribution >= 4 is 25.3 Å². The summed E-state index contributed by atoms with van der Waals surface area (Å²) in [7, 11) is 0. The van der Waals surface area contributed by atoms with Crippen LogP contribution < -0.4 is 0 Å². The Bertz CT molecular complexity index is 77.4. The Morgan fingerprint density at radius 1 is 1.44 bits per heavy atom. The topological polar surface area (TPSA) is 40.5 Å². The van der Waals surface area contributed by atoms with Crippen LogP contribution in [0, 0.1) is 0 Å². The Balaban J connectivity index is 3.58. The van der Waals surface area contributed by atoms with Gasteiger partial charge in [-0.2, -0.15) is 25.3 Å². The third-order valence-corrected chi connectivity index (χ3v) is 1.76. The molecule has 2 nitrogen and oxygen atoms in total. The molecular formula is C5H12O2S2. The van der Waals surface area contributed by atoms with E-state index in [0.717, 1.165) is 0 Å². The largest absolute Gasteiger partial charge is 0.390 e. The van der Waals surface area contributed by atoms with Gasteiger partial charge in [0.1, 0.15) is 0 Å². The first-order chi connectivity index (χ1) is 4.09.